The molecule has 1 atom stereocenters. The predicted octanol–water partition coefficient (Wildman–Crippen LogP) is 0.489. The Balaban J connectivity index is 1.78. The highest BCUT2D eigenvalue weighted by Crippen LogP contribution is 2.40. The SMILES string of the molecule is CC(=O)N1CC2(CCC(CC(=O)O)OC2)C1. The molecular weight excluding hydrogens is 210 g/mol. The highest BCUT2D eigenvalue weighted by molar-refractivity contribution is 5.74. The molecule has 1 amide bonds. The summed E-state index contributed by atoms with van der Waals surface area (Å²) in [6.07, 6.45) is 1.70. The van der Waals surface area contributed by atoms with Crippen LogP contribution in [0.2, 0.25) is 0 Å². The Morgan fingerprint density at radius 2 is 2.19 bits per heavy atom. The van der Waals surface area contributed by atoms with Crippen molar-refractivity contribution in [2.24, 2.45) is 5.41 Å². The molecule has 2 rings (SSSR count). The van der Waals surface area contributed by atoms with Crippen molar-refractivity contribution in [1.29, 1.82) is 0 Å². The fraction of sp³-hybridized carbons (Fsp3) is 0.818. The van der Waals surface area contributed by atoms with Crippen molar-refractivity contribution < 1.29 is 19.4 Å². The second-order valence-corrected chi connectivity index (χ2v) is 4.94. The quantitative estimate of drug-likeness (QED) is 0.745. The van der Waals surface area contributed by atoms with Gasteiger partial charge in [-0.2, -0.15) is 0 Å². The minimum Gasteiger partial charge on any atom is -0.481 e. The predicted molar refractivity (Wildman–Crippen MR) is 55.9 cm³/mol. The van der Waals surface area contributed by atoms with E-state index in [1.54, 1.807) is 11.8 Å². The summed E-state index contributed by atoms with van der Waals surface area (Å²) in [5.74, 6) is -0.696. The molecule has 0 radical (unpaired) electrons. The zero-order valence-corrected chi connectivity index (χ0v) is 9.44. The molecule has 2 fully saturated rings. The van der Waals surface area contributed by atoms with Crippen LogP contribution in [0.15, 0.2) is 0 Å². The molecule has 1 N–H and O–H groups in total. The van der Waals surface area contributed by atoms with Gasteiger partial charge in [0.15, 0.2) is 0 Å². The Morgan fingerprint density at radius 3 is 2.62 bits per heavy atom. The molecule has 0 bridgehead atoms. The fourth-order valence-electron chi connectivity index (χ4n) is 2.51. The number of carboxylic acids is 1. The van der Waals surface area contributed by atoms with E-state index in [1.165, 1.54) is 0 Å². The molecule has 0 saturated carbocycles. The molecule has 2 heterocycles. The number of carboxylic acid groups (broad SMARTS) is 1. The van der Waals surface area contributed by atoms with Crippen molar-refractivity contribution >= 4 is 11.9 Å². The number of amides is 1. The van der Waals surface area contributed by atoms with E-state index in [9.17, 15) is 9.59 Å². The summed E-state index contributed by atoms with van der Waals surface area (Å²) in [6.45, 7) is 3.70. The van der Waals surface area contributed by atoms with E-state index in [2.05, 4.69) is 0 Å². The zero-order chi connectivity index (χ0) is 11.8. The number of aliphatic carboxylic acids is 1. The summed E-state index contributed by atoms with van der Waals surface area (Å²) in [7, 11) is 0. The topological polar surface area (TPSA) is 66.8 Å². The van der Waals surface area contributed by atoms with Crippen molar-refractivity contribution in [3.63, 3.8) is 0 Å². The van der Waals surface area contributed by atoms with Crippen molar-refractivity contribution in [2.75, 3.05) is 19.7 Å². The summed E-state index contributed by atoms with van der Waals surface area (Å²) >= 11 is 0. The van der Waals surface area contributed by atoms with Crippen LogP contribution in [0.3, 0.4) is 0 Å². The lowest BCUT2D eigenvalue weighted by Gasteiger charge is -2.52. The molecule has 90 valence electrons. The van der Waals surface area contributed by atoms with Crippen molar-refractivity contribution in [3.05, 3.63) is 0 Å². The molecular formula is C11H17NO4. The van der Waals surface area contributed by atoms with Crippen LogP contribution in [-0.2, 0) is 14.3 Å². The number of rotatable bonds is 2. The summed E-state index contributed by atoms with van der Waals surface area (Å²) < 4.78 is 5.56. The second kappa shape index (κ2) is 4.05. The van der Waals surface area contributed by atoms with Gasteiger partial charge in [-0.3, -0.25) is 9.59 Å². The van der Waals surface area contributed by atoms with E-state index in [4.69, 9.17) is 9.84 Å². The number of carbonyl (C=O) groups is 2. The Labute approximate surface area is 94.4 Å². The maximum atomic E-state index is 11.1. The van der Waals surface area contributed by atoms with Crippen molar-refractivity contribution in [3.8, 4) is 0 Å². The van der Waals surface area contributed by atoms with Gasteiger partial charge in [0.2, 0.25) is 5.91 Å². The summed E-state index contributed by atoms with van der Waals surface area (Å²) in [5.41, 5.74) is 0.112. The van der Waals surface area contributed by atoms with E-state index in [0.717, 1.165) is 25.9 Å². The lowest BCUT2D eigenvalue weighted by atomic mass is 9.74. The molecule has 1 spiro atoms. The average molecular weight is 227 g/mol. The van der Waals surface area contributed by atoms with E-state index >= 15 is 0 Å². The van der Waals surface area contributed by atoms with Crippen LogP contribution in [0.5, 0.6) is 0 Å². The molecule has 16 heavy (non-hydrogen) atoms. The monoisotopic (exact) mass is 227 g/mol. The Kier molecular flexibility index (Phi) is 2.88. The van der Waals surface area contributed by atoms with E-state index in [0.29, 0.717) is 6.61 Å². The van der Waals surface area contributed by atoms with Gasteiger partial charge in [-0.15, -0.1) is 0 Å². The van der Waals surface area contributed by atoms with Gasteiger partial charge in [0.1, 0.15) is 0 Å². The average Bonchev–Trinajstić information content (AvgIpc) is 2.14. The maximum Gasteiger partial charge on any atom is 0.305 e. The molecule has 0 aromatic carbocycles. The number of nitrogens with zero attached hydrogens (tertiary/aromatic N) is 1. The van der Waals surface area contributed by atoms with Crippen LogP contribution in [0.25, 0.3) is 0 Å². The zero-order valence-electron chi connectivity index (χ0n) is 9.44. The summed E-state index contributed by atoms with van der Waals surface area (Å²) in [5, 5.41) is 8.65. The van der Waals surface area contributed by atoms with Crippen molar-refractivity contribution in [2.45, 2.75) is 32.3 Å². The Morgan fingerprint density at radius 1 is 1.50 bits per heavy atom. The third-order valence-corrected chi connectivity index (χ3v) is 3.52. The third kappa shape index (κ3) is 2.19. The molecule has 2 saturated heterocycles. The van der Waals surface area contributed by atoms with Crippen LogP contribution in [0.1, 0.15) is 26.2 Å². The molecule has 0 aliphatic carbocycles. The summed E-state index contributed by atoms with van der Waals surface area (Å²) in [6, 6.07) is 0. The highest BCUT2D eigenvalue weighted by Gasteiger charge is 2.47. The van der Waals surface area contributed by atoms with Gasteiger partial charge in [0.25, 0.3) is 0 Å². The van der Waals surface area contributed by atoms with Crippen LogP contribution >= 0.6 is 0 Å². The first-order chi connectivity index (χ1) is 7.51. The first-order valence-corrected chi connectivity index (χ1v) is 5.60. The van der Waals surface area contributed by atoms with Gasteiger partial charge >= 0.3 is 5.97 Å². The van der Waals surface area contributed by atoms with Gasteiger partial charge in [-0.05, 0) is 12.8 Å². The highest BCUT2D eigenvalue weighted by atomic mass is 16.5. The van der Waals surface area contributed by atoms with Crippen LogP contribution in [0.4, 0.5) is 0 Å². The van der Waals surface area contributed by atoms with E-state index < -0.39 is 5.97 Å². The van der Waals surface area contributed by atoms with Crippen LogP contribution in [-0.4, -0.2) is 47.7 Å². The van der Waals surface area contributed by atoms with Crippen molar-refractivity contribution in [1.82, 2.24) is 4.90 Å². The standard InChI is InChI=1S/C11H17NO4/c1-8(13)12-5-11(6-12)3-2-9(16-7-11)4-10(14)15/h9H,2-7H2,1H3,(H,14,15). The number of hydrogen-bond acceptors (Lipinski definition) is 3. The van der Waals surface area contributed by atoms with E-state index in [-0.39, 0.29) is 23.8 Å². The van der Waals surface area contributed by atoms with Gasteiger partial charge in [0.05, 0.1) is 19.1 Å². The Bertz CT molecular complexity index is 299. The van der Waals surface area contributed by atoms with Gasteiger partial charge in [-0.25, -0.2) is 0 Å². The van der Waals surface area contributed by atoms with Crippen LogP contribution < -0.4 is 0 Å². The molecule has 2 aliphatic rings. The number of hydrogen-bond donors (Lipinski definition) is 1. The number of carbonyl (C=O) groups excluding carboxylic acids is 1. The molecule has 5 nitrogen and oxygen atoms in total. The minimum absolute atomic E-state index is 0.0898. The first kappa shape index (κ1) is 11.4. The minimum atomic E-state index is -0.806. The maximum absolute atomic E-state index is 11.1. The second-order valence-electron chi connectivity index (χ2n) is 4.94. The normalized spacial score (nSPS) is 27.6. The molecule has 5 heteroatoms. The van der Waals surface area contributed by atoms with Gasteiger partial charge in [-0.1, -0.05) is 0 Å². The number of ether oxygens (including phenoxy) is 1. The third-order valence-electron chi connectivity index (χ3n) is 3.52. The Hall–Kier alpha value is -1.10. The summed E-state index contributed by atoms with van der Waals surface area (Å²) in [4.78, 5) is 23.4. The first-order valence-electron chi connectivity index (χ1n) is 5.60. The molecule has 0 aromatic heterocycles. The largest absolute Gasteiger partial charge is 0.481 e. The van der Waals surface area contributed by atoms with Gasteiger partial charge in [0, 0.05) is 25.4 Å². The lowest BCUT2D eigenvalue weighted by Crippen LogP contribution is -2.61. The molecule has 0 aromatic rings. The van der Waals surface area contributed by atoms with Crippen LogP contribution in [0, 0.1) is 5.41 Å². The lowest BCUT2D eigenvalue weighted by molar-refractivity contribution is -0.163. The molecule has 2 aliphatic heterocycles. The van der Waals surface area contributed by atoms with E-state index in [1.807, 2.05) is 0 Å². The molecule has 1 unspecified atom stereocenters. The fourth-order valence-corrected chi connectivity index (χ4v) is 2.51. The number of likely N-dealkylation sites (tertiary alicyclic amines) is 1. The smallest absolute Gasteiger partial charge is 0.305 e. The van der Waals surface area contributed by atoms with Gasteiger partial charge < -0.3 is 14.7 Å².